The summed E-state index contributed by atoms with van der Waals surface area (Å²) in [4.78, 5) is 4.11. The Morgan fingerprint density at radius 1 is 1.38 bits per heavy atom. The Balaban J connectivity index is 2.03. The minimum Gasteiger partial charge on any atom is -0.486 e. The standard InChI is InChI=1S/C13H17BFN3O3/c1-9(2)6-18-13(16-8-17-18)7-21-10-3-4-11(14(19)20)12(15)5-10/h3-5,8-9,19-20H,6-7H2,1-2H3. The van der Waals surface area contributed by atoms with Crippen LogP contribution < -0.4 is 10.2 Å². The van der Waals surface area contributed by atoms with Gasteiger partial charge in [-0.3, -0.25) is 0 Å². The van der Waals surface area contributed by atoms with Gasteiger partial charge in [-0.15, -0.1) is 0 Å². The number of rotatable bonds is 6. The fourth-order valence-corrected chi connectivity index (χ4v) is 1.85. The second-order valence-corrected chi connectivity index (χ2v) is 5.10. The van der Waals surface area contributed by atoms with Crippen molar-refractivity contribution in [3.8, 4) is 5.75 Å². The zero-order valence-electron chi connectivity index (χ0n) is 11.9. The van der Waals surface area contributed by atoms with E-state index in [1.165, 1.54) is 18.5 Å². The van der Waals surface area contributed by atoms with Gasteiger partial charge in [-0.05, 0) is 12.0 Å². The number of ether oxygens (including phenoxy) is 1. The lowest BCUT2D eigenvalue weighted by Crippen LogP contribution is -2.32. The van der Waals surface area contributed by atoms with Crippen LogP contribution in [0.2, 0.25) is 0 Å². The molecule has 21 heavy (non-hydrogen) atoms. The van der Waals surface area contributed by atoms with Crippen molar-refractivity contribution in [3.63, 3.8) is 0 Å². The van der Waals surface area contributed by atoms with Gasteiger partial charge in [-0.25, -0.2) is 14.1 Å². The van der Waals surface area contributed by atoms with Gasteiger partial charge in [0, 0.05) is 18.1 Å². The van der Waals surface area contributed by atoms with Crippen LogP contribution >= 0.6 is 0 Å². The predicted octanol–water partition coefficient (Wildman–Crippen LogP) is 0.332. The third-order valence-corrected chi connectivity index (χ3v) is 2.85. The van der Waals surface area contributed by atoms with E-state index in [1.807, 2.05) is 0 Å². The van der Waals surface area contributed by atoms with E-state index in [-0.39, 0.29) is 17.8 Å². The molecule has 0 atom stereocenters. The molecular formula is C13H17BFN3O3. The van der Waals surface area contributed by atoms with Gasteiger partial charge in [0.1, 0.15) is 24.5 Å². The van der Waals surface area contributed by atoms with Crippen LogP contribution in [0.3, 0.4) is 0 Å². The van der Waals surface area contributed by atoms with Crippen LogP contribution in [0, 0.1) is 11.7 Å². The zero-order valence-corrected chi connectivity index (χ0v) is 11.9. The van der Waals surface area contributed by atoms with E-state index in [4.69, 9.17) is 14.8 Å². The van der Waals surface area contributed by atoms with Crippen LogP contribution in [-0.4, -0.2) is 31.9 Å². The first-order chi connectivity index (χ1) is 9.97. The average molecular weight is 293 g/mol. The molecule has 0 bridgehead atoms. The summed E-state index contributed by atoms with van der Waals surface area (Å²) < 4.78 is 20.8. The van der Waals surface area contributed by atoms with E-state index in [2.05, 4.69) is 23.9 Å². The second-order valence-electron chi connectivity index (χ2n) is 5.10. The van der Waals surface area contributed by atoms with Crippen molar-refractivity contribution >= 4 is 12.6 Å². The molecule has 0 aliphatic carbocycles. The number of nitrogens with zero attached hydrogens (tertiary/aromatic N) is 3. The highest BCUT2D eigenvalue weighted by Gasteiger charge is 2.17. The van der Waals surface area contributed by atoms with Crippen molar-refractivity contribution < 1.29 is 19.2 Å². The molecular weight excluding hydrogens is 276 g/mol. The average Bonchev–Trinajstić information content (AvgIpc) is 2.82. The van der Waals surface area contributed by atoms with Gasteiger partial charge in [0.15, 0.2) is 5.82 Å². The topological polar surface area (TPSA) is 80.4 Å². The SMILES string of the molecule is CC(C)Cn1ncnc1COc1ccc(B(O)O)c(F)c1. The zero-order chi connectivity index (χ0) is 15.4. The molecule has 0 unspecified atom stereocenters. The molecule has 2 N–H and O–H groups in total. The van der Waals surface area contributed by atoms with E-state index in [9.17, 15) is 4.39 Å². The Kier molecular flexibility index (Phi) is 4.92. The molecule has 1 heterocycles. The van der Waals surface area contributed by atoms with Gasteiger partial charge in [-0.2, -0.15) is 5.10 Å². The molecule has 0 radical (unpaired) electrons. The second kappa shape index (κ2) is 6.69. The van der Waals surface area contributed by atoms with Crippen LogP contribution in [0.25, 0.3) is 0 Å². The molecule has 0 saturated carbocycles. The summed E-state index contributed by atoms with van der Waals surface area (Å²) in [7, 11) is -1.84. The summed E-state index contributed by atoms with van der Waals surface area (Å²) >= 11 is 0. The van der Waals surface area contributed by atoms with E-state index >= 15 is 0 Å². The van der Waals surface area contributed by atoms with Crippen LogP contribution in [0.5, 0.6) is 5.75 Å². The molecule has 2 aromatic rings. The molecule has 0 spiro atoms. The largest absolute Gasteiger partial charge is 0.491 e. The molecule has 0 aliphatic heterocycles. The first kappa shape index (κ1) is 15.5. The fraction of sp³-hybridized carbons (Fsp3) is 0.385. The minimum atomic E-state index is -1.84. The Hall–Kier alpha value is -1.93. The highest BCUT2D eigenvalue weighted by Crippen LogP contribution is 2.13. The molecule has 0 saturated heterocycles. The summed E-state index contributed by atoms with van der Waals surface area (Å²) in [6, 6.07) is 3.85. The number of hydrogen-bond acceptors (Lipinski definition) is 5. The maximum Gasteiger partial charge on any atom is 0.491 e. The van der Waals surface area contributed by atoms with Crippen LogP contribution in [0.4, 0.5) is 4.39 Å². The third kappa shape index (κ3) is 4.02. The van der Waals surface area contributed by atoms with Gasteiger partial charge in [0.05, 0.1) is 0 Å². The van der Waals surface area contributed by atoms with Crippen molar-refractivity contribution in [1.82, 2.24) is 14.8 Å². The predicted molar refractivity (Wildman–Crippen MR) is 75.4 cm³/mol. The third-order valence-electron chi connectivity index (χ3n) is 2.85. The smallest absolute Gasteiger partial charge is 0.486 e. The first-order valence-corrected chi connectivity index (χ1v) is 6.62. The summed E-state index contributed by atoms with van der Waals surface area (Å²) in [5.74, 6) is 0.630. The Morgan fingerprint density at radius 2 is 2.14 bits per heavy atom. The van der Waals surface area contributed by atoms with Crippen molar-refractivity contribution in [1.29, 1.82) is 0 Å². The van der Waals surface area contributed by atoms with Gasteiger partial charge < -0.3 is 14.8 Å². The molecule has 0 amide bonds. The number of hydrogen-bond donors (Lipinski definition) is 2. The highest BCUT2D eigenvalue weighted by molar-refractivity contribution is 6.58. The van der Waals surface area contributed by atoms with Crippen molar-refractivity contribution in [2.75, 3.05) is 0 Å². The van der Waals surface area contributed by atoms with Crippen molar-refractivity contribution in [2.45, 2.75) is 27.0 Å². The molecule has 1 aromatic heterocycles. The van der Waals surface area contributed by atoms with E-state index < -0.39 is 12.9 Å². The highest BCUT2D eigenvalue weighted by atomic mass is 19.1. The number of aromatic nitrogens is 3. The van der Waals surface area contributed by atoms with Gasteiger partial charge in [0.2, 0.25) is 0 Å². The van der Waals surface area contributed by atoms with Gasteiger partial charge >= 0.3 is 7.12 Å². The van der Waals surface area contributed by atoms with E-state index in [1.54, 1.807) is 4.68 Å². The molecule has 2 rings (SSSR count). The van der Waals surface area contributed by atoms with E-state index in [0.29, 0.717) is 11.7 Å². The summed E-state index contributed by atoms with van der Waals surface area (Å²) in [5, 5.41) is 22.0. The van der Waals surface area contributed by atoms with Crippen molar-refractivity contribution in [3.05, 3.63) is 36.2 Å². The molecule has 6 nitrogen and oxygen atoms in total. The lowest BCUT2D eigenvalue weighted by molar-refractivity contribution is 0.281. The van der Waals surface area contributed by atoms with Gasteiger partial charge in [0.25, 0.3) is 0 Å². The monoisotopic (exact) mass is 293 g/mol. The summed E-state index contributed by atoms with van der Waals surface area (Å²) in [5.41, 5.74) is -0.190. The lowest BCUT2D eigenvalue weighted by Gasteiger charge is -2.10. The van der Waals surface area contributed by atoms with E-state index in [0.717, 1.165) is 12.6 Å². The first-order valence-electron chi connectivity index (χ1n) is 6.62. The summed E-state index contributed by atoms with van der Waals surface area (Å²) in [6.07, 6.45) is 1.45. The number of halogens is 1. The van der Waals surface area contributed by atoms with Crippen LogP contribution in [0.15, 0.2) is 24.5 Å². The molecule has 8 heteroatoms. The minimum absolute atomic E-state index is 0.160. The maximum atomic E-state index is 13.6. The van der Waals surface area contributed by atoms with Gasteiger partial charge in [-0.1, -0.05) is 19.9 Å². The number of benzene rings is 1. The lowest BCUT2D eigenvalue weighted by atomic mass is 9.80. The fourth-order valence-electron chi connectivity index (χ4n) is 1.85. The maximum absolute atomic E-state index is 13.6. The summed E-state index contributed by atoms with van der Waals surface area (Å²) in [6.45, 7) is 5.02. The van der Waals surface area contributed by atoms with Crippen LogP contribution in [-0.2, 0) is 13.2 Å². The quantitative estimate of drug-likeness (QED) is 0.750. The molecule has 0 fully saturated rings. The molecule has 0 aliphatic rings. The Bertz CT molecular complexity index is 604. The van der Waals surface area contributed by atoms with Crippen LogP contribution in [0.1, 0.15) is 19.7 Å². The van der Waals surface area contributed by atoms with Crippen molar-refractivity contribution in [2.24, 2.45) is 5.92 Å². The molecule has 112 valence electrons. The molecule has 1 aromatic carbocycles. The Morgan fingerprint density at radius 3 is 2.76 bits per heavy atom. The normalized spacial score (nSPS) is 11.0. The Labute approximate surface area is 122 Å².